The van der Waals surface area contributed by atoms with E-state index in [0.717, 1.165) is 23.9 Å². The van der Waals surface area contributed by atoms with Gasteiger partial charge in [-0.25, -0.2) is 15.0 Å². The number of fused-ring (bicyclic) bond motifs is 1. The zero-order valence-corrected chi connectivity index (χ0v) is 21.9. The van der Waals surface area contributed by atoms with E-state index in [1.807, 2.05) is 30.3 Å². The standard InChI is InChI=1S/C30H23F6N5O/c31-29(32,33)23-8-4-14-37-27(23)20-10-12-22-24(16-20)40-26(9-5-15-42-18-19-6-2-1-3-7-19)41-28(22)39-21-11-13-25(38-17-21)30(34,35)36/h1-4,6-8,10-14,16-17H,5,9,15,18H2,(H,39,40,41). The van der Waals surface area contributed by atoms with Gasteiger partial charge >= 0.3 is 12.4 Å². The van der Waals surface area contributed by atoms with Crippen LogP contribution >= 0.6 is 0 Å². The van der Waals surface area contributed by atoms with E-state index in [9.17, 15) is 26.3 Å². The minimum Gasteiger partial charge on any atom is -0.377 e. The summed E-state index contributed by atoms with van der Waals surface area (Å²) < 4.78 is 85.6. The van der Waals surface area contributed by atoms with Gasteiger partial charge in [-0.05, 0) is 48.4 Å². The number of aryl methyl sites for hydroxylation is 1. The van der Waals surface area contributed by atoms with E-state index < -0.39 is 23.6 Å². The summed E-state index contributed by atoms with van der Waals surface area (Å²) in [6.07, 6.45) is -5.96. The third-order valence-electron chi connectivity index (χ3n) is 6.25. The van der Waals surface area contributed by atoms with Crippen LogP contribution in [-0.4, -0.2) is 26.5 Å². The Labute approximate surface area is 236 Å². The summed E-state index contributed by atoms with van der Waals surface area (Å²) in [7, 11) is 0. The first kappa shape index (κ1) is 28.9. The first-order valence-corrected chi connectivity index (χ1v) is 12.8. The van der Waals surface area contributed by atoms with Crippen molar-refractivity contribution < 1.29 is 31.1 Å². The van der Waals surface area contributed by atoms with Gasteiger partial charge in [0.1, 0.15) is 17.3 Å². The number of benzene rings is 2. The summed E-state index contributed by atoms with van der Waals surface area (Å²) >= 11 is 0. The van der Waals surface area contributed by atoms with E-state index in [1.54, 1.807) is 6.07 Å². The molecule has 42 heavy (non-hydrogen) atoms. The van der Waals surface area contributed by atoms with Gasteiger partial charge in [-0.3, -0.25) is 4.98 Å². The van der Waals surface area contributed by atoms with Crippen molar-refractivity contribution in [2.75, 3.05) is 11.9 Å². The molecule has 12 heteroatoms. The molecule has 0 atom stereocenters. The van der Waals surface area contributed by atoms with Crippen molar-refractivity contribution in [2.45, 2.75) is 31.8 Å². The largest absolute Gasteiger partial charge is 0.433 e. The highest BCUT2D eigenvalue weighted by Gasteiger charge is 2.34. The maximum Gasteiger partial charge on any atom is 0.433 e. The van der Waals surface area contributed by atoms with Gasteiger partial charge in [0.15, 0.2) is 0 Å². The lowest BCUT2D eigenvalue weighted by Crippen LogP contribution is -2.09. The SMILES string of the molecule is FC(F)(F)c1ccc(Nc2nc(CCCOCc3ccccc3)nc3cc(-c4ncccc4C(F)(F)F)ccc23)cn1. The van der Waals surface area contributed by atoms with Gasteiger partial charge in [0, 0.05) is 30.2 Å². The Morgan fingerprint density at radius 1 is 0.786 bits per heavy atom. The molecule has 6 nitrogen and oxygen atoms in total. The lowest BCUT2D eigenvalue weighted by atomic mass is 10.0. The van der Waals surface area contributed by atoms with Gasteiger partial charge in [-0.15, -0.1) is 0 Å². The second-order valence-corrected chi connectivity index (χ2v) is 9.31. The Hall–Kier alpha value is -4.58. The third-order valence-corrected chi connectivity index (χ3v) is 6.25. The second kappa shape index (κ2) is 12.1. The number of alkyl halides is 6. The molecule has 0 radical (unpaired) electrons. The minimum atomic E-state index is -4.61. The molecule has 0 unspecified atom stereocenters. The smallest absolute Gasteiger partial charge is 0.377 e. The molecule has 3 heterocycles. The number of pyridine rings is 2. The Bertz CT molecular complexity index is 1660. The molecule has 3 aromatic heterocycles. The first-order valence-electron chi connectivity index (χ1n) is 12.8. The Morgan fingerprint density at radius 3 is 2.31 bits per heavy atom. The van der Waals surface area contributed by atoms with Gasteiger partial charge in [0.05, 0.1) is 35.3 Å². The second-order valence-electron chi connectivity index (χ2n) is 9.31. The van der Waals surface area contributed by atoms with Crippen LogP contribution in [0.25, 0.3) is 22.2 Å². The van der Waals surface area contributed by atoms with Crippen molar-refractivity contribution in [3.8, 4) is 11.3 Å². The monoisotopic (exact) mass is 583 g/mol. The predicted molar refractivity (Wildman–Crippen MR) is 145 cm³/mol. The predicted octanol–water partition coefficient (Wildman–Crippen LogP) is 8.02. The number of rotatable bonds is 9. The molecular weight excluding hydrogens is 560 g/mol. The van der Waals surface area contributed by atoms with Crippen molar-refractivity contribution in [3.63, 3.8) is 0 Å². The van der Waals surface area contributed by atoms with Crippen LogP contribution in [0.2, 0.25) is 0 Å². The summed E-state index contributed by atoms with van der Waals surface area (Å²) in [6, 6.07) is 18.4. The summed E-state index contributed by atoms with van der Waals surface area (Å²) in [5, 5.41) is 3.43. The van der Waals surface area contributed by atoms with Crippen LogP contribution in [0.15, 0.2) is 85.2 Å². The van der Waals surface area contributed by atoms with Crippen LogP contribution in [0, 0.1) is 0 Å². The molecule has 0 saturated carbocycles. The van der Waals surface area contributed by atoms with Crippen LogP contribution in [-0.2, 0) is 30.1 Å². The number of halogens is 6. The first-order chi connectivity index (χ1) is 20.1. The number of ether oxygens (including phenoxy) is 1. The molecule has 216 valence electrons. The quantitative estimate of drug-likeness (QED) is 0.140. The van der Waals surface area contributed by atoms with Crippen LogP contribution in [0.4, 0.5) is 37.8 Å². The van der Waals surface area contributed by atoms with Crippen molar-refractivity contribution in [3.05, 3.63) is 108 Å². The van der Waals surface area contributed by atoms with Crippen LogP contribution in [0.3, 0.4) is 0 Å². The van der Waals surface area contributed by atoms with Crippen LogP contribution < -0.4 is 5.32 Å². The number of hydrogen-bond donors (Lipinski definition) is 1. The average Bonchev–Trinajstić information content (AvgIpc) is 2.96. The summed E-state index contributed by atoms with van der Waals surface area (Å²) in [5.41, 5.74) is -0.370. The van der Waals surface area contributed by atoms with E-state index in [1.165, 1.54) is 30.5 Å². The zero-order valence-electron chi connectivity index (χ0n) is 21.9. The molecular formula is C30H23F6N5O. The van der Waals surface area contributed by atoms with Crippen molar-refractivity contribution in [2.24, 2.45) is 0 Å². The molecule has 1 N–H and O–H groups in total. The topological polar surface area (TPSA) is 72.8 Å². The fourth-order valence-electron chi connectivity index (χ4n) is 4.26. The van der Waals surface area contributed by atoms with E-state index in [0.29, 0.717) is 42.8 Å². The van der Waals surface area contributed by atoms with E-state index in [-0.39, 0.29) is 22.8 Å². The normalized spacial score (nSPS) is 12.0. The van der Waals surface area contributed by atoms with E-state index in [4.69, 9.17) is 4.74 Å². The lowest BCUT2D eigenvalue weighted by Gasteiger charge is -2.14. The molecule has 5 aromatic rings. The van der Waals surface area contributed by atoms with Gasteiger partial charge in [-0.1, -0.05) is 36.4 Å². The molecule has 2 aromatic carbocycles. The van der Waals surface area contributed by atoms with Crippen molar-refractivity contribution >= 4 is 22.4 Å². The highest BCUT2D eigenvalue weighted by atomic mass is 19.4. The maximum atomic E-state index is 13.7. The number of nitrogens with zero attached hydrogens (tertiary/aromatic N) is 4. The Morgan fingerprint density at radius 2 is 1.60 bits per heavy atom. The number of anilines is 2. The van der Waals surface area contributed by atoms with Gasteiger partial charge in [-0.2, -0.15) is 26.3 Å². The van der Waals surface area contributed by atoms with Crippen molar-refractivity contribution in [1.29, 1.82) is 0 Å². The fraction of sp³-hybridized carbons (Fsp3) is 0.200. The lowest BCUT2D eigenvalue weighted by molar-refractivity contribution is -0.141. The maximum absolute atomic E-state index is 13.7. The zero-order chi connectivity index (χ0) is 29.7. The van der Waals surface area contributed by atoms with Crippen LogP contribution in [0.1, 0.15) is 29.1 Å². The fourth-order valence-corrected chi connectivity index (χ4v) is 4.26. The van der Waals surface area contributed by atoms with Gasteiger partial charge in [0.25, 0.3) is 0 Å². The number of aromatic nitrogens is 4. The Kier molecular flexibility index (Phi) is 8.34. The summed E-state index contributed by atoms with van der Waals surface area (Å²) in [6.45, 7) is 0.840. The molecule has 0 aliphatic rings. The molecule has 0 aliphatic heterocycles. The summed E-state index contributed by atoms with van der Waals surface area (Å²) in [5.74, 6) is 0.646. The van der Waals surface area contributed by atoms with Crippen molar-refractivity contribution in [1.82, 2.24) is 19.9 Å². The van der Waals surface area contributed by atoms with E-state index >= 15 is 0 Å². The highest BCUT2D eigenvalue weighted by Crippen LogP contribution is 2.37. The van der Waals surface area contributed by atoms with Gasteiger partial charge in [0.2, 0.25) is 0 Å². The number of hydrogen-bond acceptors (Lipinski definition) is 6. The number of nitrogens with one attached hydrogen (secondary N) is 1. The summed E-state index contributed by atoms with van der Waals surface area (Å²) in [4.78, 5) is 16.6. The molecule has 0 amide bonds. The molecule has 0 saturated heterocycles. The highest BCUT2D eigenvalue weighted by molar-refractivity contribution is 5.93. The molecule has 0 fully saturated rings. The minimum absolute atomic E-state index is 0.202. The van der Waals surface area contributed by atoms with Crippen LogP contribution in [0.5, 0.6) is 0 Å². The Balaban J connectivity index is 1.44. The third kappa shape index (κ3) is 7.00. The van der Waals surface area contributed by atoms with E-state index in [2.05, 4.69) is 25.3 Å². The molecule has 0 bridgehead atoms. The molecule has 0 spiro atoms. The molecule has 0 aliphatic carbocycles. The van der Waals surface area contributed by atoms with Gasteiger partial charge < -0.3 is 10.1 Å². The average molecular weight is 584 g/mol. The molecule has 5 rings (SSSR count).